The van der Waals surface area contributed by atoms with Crippen molar-refractivity contribution >= 4 is 34.2 Å². The van der Waals surface area contributed by atoms with Gasteiger partial charge in [-0.25, -0.2) is 9.78 Å². The van der Waals surface area contributed by atoms with E-state index in [9.17, 15) is 9.90 Å². The molecule has 0 saturated carbocycles. The predicted molar refractivity (Wildman–Crippen MR) is 122 cm³/mol. The average Bonchev–Trinajstić information content (AvgIpc) is 3.16. The van der Waals surface area contributed by atoms with Crippen LogP contribution in [0, 0.1) is 0 Å². The summed E-state index contributed by atoms with van der Waals surface area (Å²) in [4.78, 5) is 22.0. The standard InChI is InChI=1S/C24H21N5O2/c25-22-16(12-27-24(26)28-22)13-29-10-9-15-11-14(5-8-21(15)29)17-6-7-20(23(30)31)19-4-2-1-3-18(17)19/h1-8,11-12H,9-10,13H2,(H,30,31)(H4,25,26,27,28). The normalized spacial score (nSPS) is 12.8. The number of aromatic nitrogens is 2. The highest BCUT2D eigenvalue weighted by molar-refractivity contribution is 6.08. The molecular formula is C24H21N5O2. The fraction of sp³-hybridized carbons (Fsp3) is 0.125. The molecule has 0 fully saturated rings. The van der Waals surface area contributed by atoms with E-state index in [1.807, 2.05) is 30.3 Å². The van der Waals surface area contributed by atoms with Gasteiger partial charge >= 0.3 is 5.97 Å². The minimum absolute atomic E-state index is 0.175. The third-order valence-electron chi connectivity index (χ3n) is 5.81. The van der Waals surface area contributed by atoms with E-state index < -0.39 is 5.97 Å². The Kier molecular flexibility index (Phi) is 4.43. The maximum Gasteiger partial charge on any atom is 0.336 e. The molecule has 1 aliphatic rings. The summed E-state index contributed by atoms with van der Waals surface area (Å²) in [6.07, 6.45) is 2.60. The van der Waals surface area contributed by atoms with Crippen LogP contribution in [0.15, 0.2) is 60.8 Å². The van der Waals surface area contributed by atoms with Crippen molar-refractivity contribution in [2.75, 3.05) is 22.9 Å². The summed E-state index contributed by atoms with van der Waals surface area (Å²) in [5.74, 6) is -0.338. The Balaban J connectivity index is 1.51. The molecule has 0 bridgehead atoms. The lowest BCUT2D eigenvalue weighted by molar-refractivity contribution is 0.0699. The first-order chi connectivity index (χ1) is 15.0. The zero-order valence-corrected chi connectivity index (χ0v) is 16.7. The lowest BCUT2D eigenvalue weighted by atomic mass is 9.94. The van der Waals surface area contributed by atoms with E-state index in [4.69, 9.17) is 11.5 Å². The fourth-order valence-corrected chi connectivity index (χ4v) is 4.30. The van der Waals surface area contributed by atoms with Gasteiger partial charge in [0.05, 0.1) is 5.56 Å². The van der Waals surface area contributed by atoms with Crippen LogP contribution in [0.5, 0.6) is 0 Å². The zero-order chi connectivity index (χ0) is 21.5. The highest BCUT2D eigenvalue weighted by Crippen LogP contribution is 2.36. The molecule has 0 aliphatic carbocycles. The molecule has 0 amide bonds. The van der Waals surface area contributed by atoms with E-state index in [0.717, 1.165) is 46.1 Å². The summed E-state index contributed by atoms with van der Waals surface area (Å²) < 4.78 is 0. The smallest absolute Gasteiger partial charge is 0.336 e. The van der Waals surface area contributed by atoms with Crippen LogP contribution in [0.25, 0.3) is 21.9 Å². The van der Waals surface area contributed by atoms with Crippen molar-refractivity contribution in [1.29, 1.82) is 0 Å². The van der Waals surface area contributed by atoms with E-state index in [0.29, 0.717) is 17.9 Å². The summed E-state index contributed by atoms with van der Waals surface area (Å²) in [7, 11) is 0. The molecule has 31 heavy (non-hydrogen) atoms. The molecule has 1 aromatic heterocycles. The highest BCUT2D eigenvalue weighted by Gasteiger charge is 2.21. The number of anilines is 3. The monoisotopic (exact) mass is 411 g/mol. The molecule has 154 valence electrons. The van der Waals surface area contributed by atoms with E-state index in [1.165, 1.54) is 5.56 Å². The second-order valence-electron chi connectivity index (χ2n) is 7.67. The Morgan fingerprint density at radius 1 is 1.06 bits per heavy atom. The van der Waals surface area contributed by atoms with E-state index in [-0.39, 0.29) is 5.95 Å². The van der Waals surface area contributed by atoms with Crippen LogP contribution in [-0.2, 0) is 13.0 Å². The van der Waals surface area contributed by atoms with Crippen molar-refractivity contribution in [3.05, 3.63) is 77.5 Å². The van der Waals surface area contributed by atoms with E-state index in [1.54, 1.807) is 12.3 Å². The van der Waals surface area contributed by atoms with Gasteiger partial charge in [0, 0.05) is 30.5 Å². The number of carbonyl (C=O) groups is 1. The number of carboxylic acids is 1. The second kappa shape index (κ2) is 7.28. The summed E-state index contributed by atoms with van der Waals surface area (Å²) in [6.45, 7) is 1.50. The minimum atomic E-state index is -0.918. The van der Waals surface area contributed by atoms with Crippen molar-refractivity contribution in [3.8, 4) is 11.1 Å². The van der Waals surface area contributed by atoms with Gasteiger partial charge in [0.25, 0.3) is 0 Å². The number of carboxylic acid groups (broad SMARTS) is 1. The number of hydrogen-bond donors (Lipinski definition) is 3. The molecule has 0 atom stereocenters. The van der Waals surface area contributed by atoms with Gasteiger partial charge in [-0.15, -0.1) is 0 Å². The van der Waals surface area contributed by atoms with E-state index >= 15 is 0 Å². The maximum atomic E-state index is 11.6. The van der Waals surface area contributed by atoms with Gasteiger partial charge in [-0.3, -0.25) is 0 Å². The van der Waals surface area contributed by atoms with Gasteiger partial charge in [-0.1, -0.05) is 36.4 Å². The number of rotatable bonds is 4. The van der Waals surface area contributed by atoms with Gasteiger partial charge in [-0.05, 0) is 52.1 Å². The summed E-state index contributed by atoms with van der Waals surface area (Å²) in [5, 5.41) is 11.2. The van der Waals surface area contributed by atoms with Crippen LogP contribution in [-0.4, -0.2) is 27.6 Å². The topological polar surface area (TPSA) is 118 Å². The molecule has 3 aromatic carbocycles. The second-order valence-corrected chi connectivity index (χ2v) is 7.67. The van der Waals surface area contributed by atoms with Crippen LogP contribution in [0.1, 0.15) is 21.5 Å². The van der Waals surface area contributed by atoms with Crippen LogP contribution < -0.4 is 16.4 Å². The number of aromatic carboxylic acids is 1. The molecule has 0 radical (unpaired) electrons. The van der Waals surface area contributed by atoms with Crippen molar-refractivity contribution < 1.29 is 9.90 Å². The van der Waals surface area contributed by atoms with Crippen LogP contribution in [0.3, 0.4) is 0 Å². The number of benzene rings is 3. The SMILES string of the molecule is Nc1ncc(CN2CCc3cc(-c4ccc(C(=O)O)c5ccccc45)ccc32)c(N)n1. The maximum absolute atomic E-state index is 11.6. The minimum Gasteiger partial charge on any atom is -0.478 e. The molecule has 2 heterocycles. The summed E-state index contributed by atoms with van der Waals surface area (Å²) in [5.41, 5.74) is 17.3. The number of nitrogens with zero attached hydrogens (tertiary/aromatic N) is 3. The zero-order valence-electron chi connectivity index (χ0n) is 16.7. The van der Waals surface area contributed by atoms with Crippen molar-refractivity contribution in [2.24, 2.45) is 0 Å². The first kappa shape index (κ1) is 18.9. The first-order valence-corrected chi connectivity index (χ1v) is 10.0. The predicted octanol–water partition coefficient (Wildman–Crippen LogP) is 3.72. The highest BCUT2D eigenvalue weighted by atomic mass is 16.4. The quantitative estimate of drug-likeness (QED) is 0.468. The van der Waals surface area contributed by atoms with Gasteiger partial charge in [0.2, 0.25) is 5.95 Å². The number of hydrogen-bond acceptors (Lipinski definition) is 6. The molecule has 5 N–H and O–H groups in total. The largest absolute Gasteiger partial charge is 0.478 e. The van der Waals surface area contributed by atoms with Crippen molar-refractivity contribution in [1.82, 2.24) is 9.97 Å². The summed E-state index contributed by atoms with van der Waals surface area (Å²) in [6, 6.07) is 17.6. The Morgan fingerprint density at radius 3 is 2.65 bits per heavy atom. The Labute approximate surface area is 179 Å². The lowest BCUT2D eigenvalue weighted by Gasteiger charge is -2.20. The molecule has 0 spiro atoms. The molecule has 7 heteroatoms. The molecule has 7 nitrogen and oxygen atoms in total. The lowest BCUT2D eigenvalue weighted by Crippen LogP contribution is -2.21. The van der Waals surface area contributed by atoms with Crippen molar-refractivity contribution in [2.45, 2.75) is 13.0 Å². The van der Waals surface area contributed by atoms with Crippen LogP contribution in [0.4, 0.5) is 17.5 Å². The molecule has 0 unspecified atom stereocenters. The molecule has 5 rings (SSSR count). The van der Waals surface area contributed by atoms with Crippen LogP contribution >= 0.6 is 0 Å². The fourth-order valence-electron chi connectivity index (χ4n) is 4.30. The van der Waals surface area contributed by atoms with Gasteiger partial charge in [-0.2, -0.15) is 4.98 Å². The third kappa shape index (κ3) is 3.30. The van der Waals surface area contributed by atoms with Crippen molar-refractivity contribution in [3.63, 3.8) is 0 Å². The van der Waals surface area contributed by atoms with E-state index in [2.05, 4.69) is 33.1 Å². The number of nitrogen functional groups attached to an aromatic ring is 2. The third-order valence-corrected chi connectivity index (χ3v) is 5.81. The van der Waals surface area contributed by atoms with Crippen LogP contribution in [0.2, 0.25) is 0 Å². The van der Waals surface area contributed by atoms with Gasteiger partial charge < -0.3 is 21.5 Å². The molecule has 0 saturated heterocycles. The molecule has 1 aliphatic heterocycles. The summed E-state index contributed by atoms with van der Waals surface area (Å²) >= 11 is 0. The Bertz CT molecular complexity index is 1340. The van der Waals surface area contributed by atoms with Gasteiger partial charge in [0.15, 0.2) is 0 Å². The number of nitrogens with two attached hydrogens (primary N) is 2. The Morgan fingerprint density at radius 2 is 1.87 bits per heavy atom. The van der Waals surface area contributed by atoms with Gasteiger partial charge in [0.1, 0.15) is 5.82 Å². The molecular weight excluding hydrogens is 390 g/mol. The number of fused-ring (bicyclic) bond motifs is 2. The molecule has 4 aromatic rings. The average molecular weight is 411 g/mol. The Hall–Kier alpha value is -4.13. The first-order valence-electron chi connectivity index (χ1n) is 10.0.